The van der Waals surface area contributed by atoms with Crippen LogP contribution in [-0.4, -0.2) is 16.5 Å². The van der Waals surface area contributed by atoms with Gasteiger partial charge in [0, 0.05) is 4.83 Å². The molecule has 2 rings (SSSR count). The Morgan fingerprint density at radius 2 is 2.42 bits per heavy atom. The van der Waals surface area contributed by atoms with Crippen LogP contribution in [0.15, 0.2) is 0 Å². The van der Waals surface area contributed by atoms with Crippen LogP contribution in [0.3, 0.4) is 0 Å². The smallest absolute Gasteiger partial charge is 0.0998 e. The molecule has 2 aliphatic rings. The Balaban J connectivity index is 1.88. The molecule has 1 saturated carbocycles. The van der Waals surface area contributed by atoms with Crippen LogP contribution in [0, 0.1) is 0 Å². The predicted octanol–water partition coefficient (Wildman–Crippen LogP) is 3.26. The maximum atomic E-state index is 5.83. The summed E-state index contributed by atoms with van der Waals surface area (Å²) in [5.41, 5.74) is 0.322. The minimum atomic E-state index is 0.322. The molecule has 0 aromatic carbocycles. The Bertz CT molecular complexity index is 171. The van der Waals surface area contributed by atoms with Gasteiger partial charge in [0.2, 0.25) is 0 Å². The molecule has 2 heteroatoms. The Morgan fingerprint density at radius 1 is 1.58 bits per heavy atom. The van der Waals surface area contributed by atoms with E-state index in [9.17, 15) is 0 Å². The van der Waals surface area contributed by atoms with Crippen LogP contribution < -0.4 is 0 Å². The van der Waals surface area contributed by atoms with E-state index in [1.165, 1.54) is 38.5 Å². The maximum absolute atomic E-state index is 5.83. The van der Waals surface area contributed by atoms with Crippen LogP contribution in [0.2, 0.25) is 0 Å². The van der Waals surface area contributed by atoms with Gasteiger partial charge in [-0.2, -0.15) is 0 Å². The molecule has 0 amide bonds. The lowest BCUT2D eigenvalue weighted by Crippen LogP contribution is -2.26. The third-order valence-electron chi connectivity index (χ3n) is 3.18. The zero-order valence-corrected chi connectivity index (χ0v) is 9.27. The zero-order chi connectivity index (χ0) is 8.60. The van der Waals surface area contributed by atoms with Crippen molar-refractivity contribution < 1.29 is 4.74 Å². The summed E-state index contributed by atoms with van der Waals surface area (Å²) in [5.74, 6) is 0. The normalized spacial score (nSPS) is 45.5. The van der Waals surface area contributed by atoms with Crippen LogP contribution in [0.25, 0.3) is 0 Å². The van der Waals surface area contributed by atoms with Crippen LogP contribution >= 0.6 is 15.9 Å². The van der Waals surface area contributed by atoms with E-state index in [-0.39, 0.29) is 0 Å². The highest BCUT2D eigenvalue weighted by Gasteiger charge is 2.59. The standard InChI is InChI=1S/C10H17BrO/c1-2-3-6-10-7-4-5-8(11)9(10)12-10/h8-9H,2-7H2,1H3. The molecule has 0 aromatic rings. The summed E-state index contributed by atoms with van der Waals surface area (Å²) in [6.07, 6.45) is 8.42. The lowest BCUT2D eigenvalue weighted by molar-refractivity contribution is 0.267. The molecule has 70 valence electrons. The van der Waals surface area contributed by atoms with Crippen LogP contribution in [0.4, 0.5) is 0 Å². The van der Waals surface area contributed by atoms with Crippen molar-refractivity contribution in [1.82, 2.24) is 0 Å². The van der Waals surface area contributed by atoms with Gasteiger partial charge in [0.05, 0.1) is 11.7 Å². The van der Waals surface area contributed by atoms with E-state index in [0.29, 0.717) is 16.5 Å². The number of unbranched alkanes of at least 4 members (excludes halogenated alkanes) is 1. The van der Waals surface area contributed by atoms with Crippen molar-refractivity contribution in [1.29, 1.82) is 0 Å². The Morgan fingerprint density at radius 3 is 3.17 bits per heavy atom. The van der Waals surface area contributed by atoms with Crippen molar-refractivity contribution >= 4 is 15.9 Å². The molecule has 0 spiro atoms. The number of epoxide rings is 1. The summed E-state index contributed by atoms with van der Waals surface area (Å²) in [6.45, 7) is 2.25. The number of alkyl halides is 1. The fourth-order valence-corrected chi connectivity index (χ4v) is 3.29. The third kappa shape index (κ3) is 1.44. The summed E-state index contributed by atoms with van der Waals surface area (Å²) in [5, 5.41) is 0. The molecule has 1 aliphatic heterocycles. The average molecular weight is 233 g/mol. The molecular formula is C10H17BrO. The number of rotatable bonds is 3. The third-order valence-corrected chi connectivity index (χ3v) is 4.12. The minimum Gasteiger partial charge on any atom is -0.365 e. The van der Waals surface area contributed by atoms with Crippen LogP contribution in [0.5, 0.6) is 0 Å². The van der Waals surface area contributed by atoms with E-state index in [1.54, 1.807) is 0 Å². The topological polar surface area (TPSA) is 12.5 Å². The molecule has 12 heavy (non-hydrogen) atoms. The van der Waals surface area contributed by atoms with E-state index in [0.717, 1.165) is 0 Å². The van der Waals surface area contributed by atoms with Gasteiger partial charge in [-0.15, -0.1) is 0 Å². The molecule has 0 N–H and O–H groups in total. The largest absolute Gasteiger partial charge is 0.365 e. The molecule has 3 unspecified atom stereocenters. The quantitative estimate of drug-likeness (QED) is 0.538. The molecule has 1 aliphatic carbocycles. The Hall–Kier alpha value is 0.440. The molecule has 0 aromatic heterocycles. The highest BCUT2D eigenvalue weighted by Crippen LogP contribution is 2.52. The highest BCUT2D eigenvalue weighted by atomic mass is 79.9. The van der Waals surface area contributed by atoms with E-state index >= 15 is 0 Å². The van der Waals surface area contributed by atoms with Crippen molar-refractivity contribution in [3.8, 4) is 0 Å². The van der Waals surface area contributed by atoms with Gasteiger partial charge in [0.15, 0.2) is 0 Å². The van der Waals surface area contributed by atoms with Gasteiger partial charge < -0.3 is 4.74 Å². The number of halogens is 1. The van der Waals surface area contributed by atoms with Gasteiger partial charge in [-0.3, -0.25) is 0 Å². The zero-order valence-electron chi connectivity index (χ0n) is 7.68. The second kappa shape index (κ2) is 3.30. The maximum Gasteiger partial charge on any atom is 0.0998 e. The van der Waals surface area contributed by atoms with E-state index in [2.05, 4.69) is 22.9 Å². The summed E-state index contributed by atoms with van der Waals surface area (Å²) >= 11 is 3.70. The van der Waals surface area contributed by atoms with Gasteiger partial charge in [0.25, 0.3) is 0 Å². The molecular weight excluding hydrogens is 216 g/mol. The predicted molar refractivity (Wildman–Crippen MR) is 53.7 cm³/mol. The number of fused-ring (bicyclic) bond motifs is 1. The molecule has 3 atom stereocenters. The fraction of sp³-hybridized carbons (Fsp3) is 1.00. The number of hydrogen-bond donors (Lipinski definition) is 0. The van der Waals surface area contributed by atoms with E-state index < -0.39 is 0 Å². The second-order valence-electron chi connectivity index (χ2n) is 4.12. The molecule has 0 bridgehead atoms. The van der Waals surface area contributed by atoms with Gasteiger partial charge in [-0.25, -0.2) is 0 Å². The van der Waals surface area contributed by atoms with Crippen molar-refractivity contribution in [2.45, 2.75) is 62.0 Å². The molecule has 0 radical (unpaired) electrons. The first kappa shape index (κ1) is 9.01. The van der Waals surface area contributed by atoms with E-state index in [4.69, 9.17) is 4.74 Å². The van der Waals surface area contributed by atoms with Gasteiger partial charge >= 0.3 is 0 Å². The minimum absolute atomic E-state index is 0.322. The van der Waals surface area contributed by atoms with E-state index in [1.807, 2.05) is 0 Å². The summed E-state index contributed by atoms with van der Waals surface area (Å²) in [4.78, 5) is 0.642. The fourth-order valence-electron chi connectivity index (χ4n) is 2.37. The SMILES string of the molecule is CCCCC12CCCC(Br)C1O2. The molecule has 1 nitrogen and oxygen atoms in total. The number of ether oxygens (including phenoxy) is 1. The molecule has 2 fully saturated rings. The first-order valence-corrected chi connectivity index (χ1v) is 6.02. The van der Waals surface area contributed by atoms with Crippen molar-refractivity contribution in [3.05, 3.63) is 0 Å². The van der Waals surface area contributed by atoms with Crippen molar-refractivity contribution in [2.75, 3.05) is 0 Å². The first-order chi connectivity index (χ1) is 5.78. The first-order valence-electron chi connectivity index (χ1n) is 5.10. The Labute approximate surface area is 83.0 Å². The van der Waals surface area contributed by atoms with Crippen molar-refractivity contribution in [2.24, 2.45) is 0 Å². The van der Waals surface area contributed by atoms with Crippen molar-refractivity contribution in [3.63, 3.8) is 0 Å². The Kier molecular flexibility index (Phi) is 2.48. The van der Waals surface area contributed by atoms with Crippen LogP contribution in [0.1, 0.15) is 45.4 Å². The summed E-state index contributed by atoms with van der Waals surface area (Å²) < 4.78 is 5.83. The summed E-state index contributed by atoms with van der Waals surface area (Å²) in [7, 11) is 0. The lowest BCUT2D eigenvalue weighted by atomic mass is 9.85. The molecule has 1 heterocycles. The second-order valence-corrected chi connectivity index (χ2v) is 5.29. The van der Waals surface area contributed by atoms with Gasteiger partial charge in [-0.1, -0.05) is 35.7 Å². The highest BCUT2D eigenvalue weighted by molar-refractivity contribution is 9.09. The molecule has 1 saturated heterocycles. The summed E-state index contributed by atoms with van der Waals surface area (Å²) in [6, 6.07) is 0. The number of hydrogen-bond acceptors (Lipinski definition) is 1. The monoisotopic (exact) mass is 232 g/mol. The van der Waals surface area contributed by atoms with Gasteiger partial charge in [0.1, 0.15) is 0 Å². The van der Waals surface area contributed by atoms with Gasteiger partial charge in [-0.05, 0) is 25.7 Å². The van der Waals surface area contributed by atoms with Crippen LogP contribution in [-0.2, 0) is 4.74 Å². The lowest BCUT2D eigenvalue weighted by Gasteiger charge is -2.19. The average Bonchev–Trinajstić information content (AvgIpc) is 2.78.